The van der Waals surface area contributed by atoms with Crippen LogP contribution in [0, 0.1) is 6.07 Å². The fraction of sp³-hybridized carbons (Fsp3) is 0.375. The molecule has 0 heteroatoms. The van der Waals surface area contributed by atoms with E-state index in [1.807, 2.05) is 0 Å². The maximum absolute atomic E-state index is 3.71. The Hall–Kier alpha value is -1.30. The quantitative estimate of drug-likeness (QED) is 0.685. The van der Waals surface area contributed by atoms with Gasteiger partial charge >= 0.3 is 0 Å². The molecule has 0 aliphatic heterocycles. The van der Waals surface area contributed by atoms with Crippen LogP contribution in [0.2, 0.25) is 0 Å². The molecule has 1 radical (unpaired) electrons. The van der Waals surface area contributed by atoms with Gasteiger partial charge in [0.15, 0.2) is 0 Å². The summed E-state index contributed by atoms with van der Waals surface area (Å²) in [5, 5.41) is 2.86. The Morgan fingerprint density at radius 3 is 2.44 bits per heavy atom. The van der Waals surface area contributed by atoms with E-state index in [0.29, 0.717) is 0 Å². The van der Waals surface area contributed by atoms with Gasteiger partial charge in [0.2, 0.25) is 0 Å². The number of hydrogen-bond acceptors (Lipinski definition) is 0. The molecule has 2 aliphatic rings. The standard InChI is InChI=1S/C16H15/c1-2-4-15-13(3-1)9-14(11-5-6-11)10-16(15)12-7-8-12/h1-4,9,11-12H,5-8H2. The van der Waals surface area contributed by atoms with Crippen LogP contribution in [0.15, 0.2) is 30.3 Å². The van der Waals surface area contributed by atoms with E-state index in [4.69, 9.17) is 0 Å². The summed E-state index contributed by atoms with van der Waals surface area (Å²) in [5.41, 5.74) is 2.97. The summed E-state index contributed by atoms with van der Waals surface area (Å²) in [6, 6.07) is 14.9. The number of hydrogen-bond donors (Lipinski definition) is 0. The van der Waals surface area contributed by atoms with Gasteiger partial charge in [0.05, 0.1) is 0 Å². The summed E-state index contributed by atoms with van der Waals surface area (Å²) >= 11 is 0. The van der Waals surface area contributed by atoms with Crippen LogP contribution < -0.4 is 0 Å². The van der Waals surface area contributed by atoms with Gasteiger partial charge in [0.1, 0.15) is 0 Å². The van der Waals surface area contributed by atoms with Crippen molar-refractivity contribution in [3.63, 3.8) is 0 Å². The first-order valence-electron chi connectivity index (χ1n) is 6.37. The Kier molecular flexibility index (Phi) is 1.71. The molecule has 0 atom stereocenters. The topological polar surface area (TPSA) is 0 Å². The van der Waals surface area contributed by atoms with Crippen molar-refractivity contribution in [1.29, 1.82) is 0 Å². The van der Waals surface area contributed by atoms with Gasteiger partial charge in [-0.25, -0.2) is 0 Å². The first kappa shape index (κ1) is 8.81. The van der Waals surface area contributed by atoms with Crippen molar-refractivity contribution in [2.24, 2.45) is 0 Å². The second-order valence-corrected chi connectivity index (χ2v) is 5.27. The van der Waals surface area contributed by atoms with Crippen LogP contribution >= 0.6 is 0 Å². The zero-order valence-electron chi connectivity index (χ0n) is 9.37. The maximum Gasteiger partial charge on any atom is -0.0102 e. The maximum atomic E-state index is 3.71. The molecule has 2 saturated carbocycles. The Balaban J connectivity index is 1.98. The third kappa shape index (κ3) is 1.36. The number of fused-ring (bicyclic) bond motifs is 1. The molecule has 0 N–H and O–H groups in total. The van der Waals surface area contributed by atoms with Crippen molar-refractivity contribution in [1.82, 2.24) is 0 Å². The number of benzene rings is 2. The highest BCUT2D eigenvalue weighted by molar-refractivity contribution is 5.87. The summed E-state index contributed by atoms with van der Waals surface area (Å²) in [6.45, 7) is 0. The van der Waals surface area contributed by atoms with Crippen LogP contribution in [0.5, 0.6) is 0 Å². The Morgan fingerprint density at radius 2 is 1.69 bits per heavy atom. The molecular weight excluding hydrogens is 192 g/mol. The third-order valence-electron chi connectivity index (χ3n) is 3.84. The highest BCUT2D eigenvalue weighted by Crippen LogP contribution is 2.47. The van der Waals surface area contributed by atoms with Gasteiger partial charge in [0.25, 0.3) is 0 Å². The van der Waals surface area contributed by atoms with E-state index in [0.717, 1.165) is 11.8 Å². The molecule has 0 unspecified atom stereocenters. The first-order chi connectivity index (χ1) is 7.92. The molecule has 0 amide bonds. The van der Waals surface area contributed by atoms with Crippen molar-refractivity contribution >= 4 is 10.8 Å². The molecule has 0 nitrogen and oxygen atoms in total. The monoisotopic (exact) mass is 207 g/mol. The van der Waals surface area contributed by atoms with Crippen molar-refractivity contribution in [2.75, 3.05) is 0 Å². The van der Waals surface area contributed by atoms with Crippen LogP contribution in [0.25, 0.3) is 10.8 Å². The fourth-order valence-corrected chi connectivity index (χ4v) is 2.60. The molecule has 2 aromatic rings. The molecule has 0 spiro atoms. The van der Waals surface area contributed by atoms with E-state index in [9.17, 15) is 0 Å². The minimum atomic E-state index is 0.809. The normalized spacial score (nSPS) is 20.2. The molecule has 0 heterocycles. The molecule has 0 saturated heterocycles. The van der Waals surface area contributed by atoms with Crippen molar-refractivity contribution in [3.05, 3.63) is 47.5 Å². The van der Waals surface area contributed by atoms with Gasteiger partial charge in [0, 0.05) is 0 Å². The molecular formula is C16H15. The molecule has 0 aromatic heterocycles. The molecule has 79 valence electrons. The lowest BCUT2D eigenvalue weighted by Gasteiger charge is -2.08. The van der Waals surface area contributed by atoms with Gasteiger partial charge < -0.3 is 0 Å². The summed E-state index contributed by atoms with van der Waals surface area (Å²) in [5.74, 6) is 1.63. The summed E-state index contributed by atoms with van der Waals surface area (Å²) in [6.07, 6.45) is 5.49. The van der Waals surface area contributed by atoms with Gasteiger partial charge in [-0.1, -0.05) is 30.3 Å². The number of rotatable bonds is 2. The summed E-state index contributed by atoms with van der Waals surface area (Å²) in [4.78, 5) is 0. The molecule has 2 fully saturated rings. The van der Waals surface area contributed by atoms with E-state index in [2.05, 4.69) is 36.4 Å². The second-order valence-electron chi connectivity index (χ2n) is 5.27. The van der Waals surface area contributed by atoms with Crippen molar-refractivity contribution in [2.45, 2.75) is 37.5 Å². The lowest BCUT2D eigenvalue weighted by molar-refractivity contribution is 1.08. The second kappa shape index (κ2) is 3.10. The van der Waals surface area contributed by atoms with E-state index < -0.39 is 0 Å². The smallest absolute Gasteiger partial charge is 0.0102 e. The Morgan fingerprint density at radius 1 is 0.938 bits per heavy atom. The average molecular weight is 207 g/mol. The van der Waals surface area contributed by atoms with Crippen LogP contribution in [0.1, 0.15) is 48.6 Å². The first-order valence-corrected chi connectivity index (χ1v) is 6.37. The average Bonchev–Trinajstić information content (AvgIpc) is 3.19. The van der Waals surface area contributed by atoms with Gasteiger partial charge in [-0.15, -0.1) is 0 Å². The summed E-state index contributed by atoms with van der Waals surface area (Å²) in [7, 11) is 0. The third-order valence-corrected chi connectivity index (χ3v) is 3.84. The largest absolute Gasteiger partial charge is 0.0616 e. The van der Waals surface area contributed by atoms with Gasteiger partial charge in [-0.3, -0.25) is 0 Å². The van der Waals surface area contributed by atoms with E-state index in [1.54, 1.807) is 0 Å². The molecule has 4 rings (SSSR count). The lowest BCUT2D eigenvalue weighted by atomic mass is 9.96. The highest BCUT2D eigenvalue weighted by atomic mass is 14.3. The van der Waals surface area contributed by atoms with Crippen LogP contribution in [-0.2, 0) is 0 Å². The zero-order chi connectivity index (χ0) is 10.5. The predicted octanol–water partition coefficient (Wildman–Crippen LogP) is 4.39. The van der Waals surface area contributed by atoms with Crippen LogP contribution in [0.4, 0.5) is 0 Å². The Labute approximate surface area is 96.3 Å². The predicted molar refractivity (Wildman–Crippen MR) is 66.7 cm³/mol. The van der Waals surface area contributed by atoms with Crippen molar-refractivity contribution in [3.8, 4) is 0 Å². The van der Waals surface area contributed by atoms with E-state index in [-0.39, 0.29) is 0 Å². The van der Waals surface area contributed by atoms with Crippen molar-refractivity contribution < 1.29 is 0 Å². The molecule has 2 aliphatic carbocycles. The SMILES string of the molecule is [c]1c(C2CC2)cc2ccccc2c1C1CC1. The highest BCUT2D eigenvalue weighted by Gasteiger charge is 2.29. The van der Waals surface area contributed by atoms with E-state index in [1.165, 1.54) is 47.6 Å². The minimum Gasteiger partial charge on any atom is -0.0616 e. The molecule has 0 bridgehead atoms. The van der Waals surface area contributed by atoms with Crippen LogP contribution in [-0.4, -0.2) is 0 Å². The summed E-state index contributed by atoms with van der Waals surface area (Å²) < 4.78 is 0. The fourth-order valence-electron chi connectivity index (χ4n) is 2.60. The molecule has 16 heavy (non-hydrogen) atoms. The Bertz CT molecular complexity index is 545. The van der Waals surface area contributed by atoms with Crippen LogP contribution in [0.3, 0.4) is 0 Å². The van der Waals surface area contributed by atoms with E-state index >= 15 is 0 Å². The van der Waals surface area contributed by atoms with Gasteiger partial charge in [-0.2, -0.15) is 0 Å². The zero-order valence-corrected chi connectivity index (χ0v) is 9.37. The van der Waals surface area contributed by atoms with Gasteiger partial charge in [-0.05, 0) is 65.5 Å². The minimum absolute atomic E-state index is 0.809. The molecule has 2 aromatic carbocycles. The lowest BCUT2D eigenvalue weighted by Crippen LogP contribution is -1.89.